The maximum Gasteiger partial charge on any atom is 0.123 e. The molecular weight excluding hydrogens is 214 g/mol. The Kier molecular flexibility index (Phi) is 6.58. The molecule has 17 heavy (non-hydrogen) atoms. The Morgan fingerprint density at radius 2 is 2.12 bits per heavy atom. The third kappa shape index (κ3) is 6.24. The van der Waals surface area contributed by atoms with Gasteiger partial charge in [-0.3, -0.25) is 4.90 Å². The van der Waals surface area contributed by atoms with Gasteiger partial charge in [0.25, 0.3) is 0 Å². The van der Waals surface area contributed by atoms with E-state index in [1.807, 2.05) is 19.1 Å². The molecule has 1 aromatic heterocycles. The first-order valence-electron chi connectivity index (χ1n) is 6.20. The molecule has 0 bridgehead atoms. The molecule has 0 unspecified atom stereocenters. The van der Waals surface area contributed by atoms with E-state index in [9.17, 15) is 0 Å². The molecule has 2 heterocycles. The van der Waals surface area contributed by atoms with E-state index >= 15 is 0 Å². The molecule has 1 aliphatic rings. The molecule has 0 aliphatic carbocycles. The molecule has 0 saturated carbocycles. The maximum atomic E-state index is 5.35. The van der Waals surface area contributed by atoms with Crippen LogP contribution in [0.3, 0.4) is 0 Å². The zero-order valence-corrected chi connectivity index (χ0v) is 10.9. The van der Waals surface area contributed by atoms with Crippen molar-refractivity contribution in [2.75, 3.05) is 38.6 Å². The van der Waals surface area contributed by atoms with Gasteiger partial charge < -0.3 is 10.5 Å². The van der Waals surface area contributed by atoms with Crippen molar-refractivity contribution in [2.45, 2.75) is 20.3 Å². The lowest BCUT2D eigenvalue weighted by atomic mass is 10.3. The number of nitrogens with two attached hydrogens (primary N) is 1. The van der Waals surface area contributed by atoms with Gasteiger partial charge in [-0.1, -0.05) is 6.92 Å². The zero-order chi connectivity index (χ0) is 12.5. The van der Waals surface area contributed by atoms with Gasteiger partial charge >= 0.3 is 0 Å². The van der Waals surface area contributed by atoms with E-state index in [1.165, 1.54) is 13.0 Å². The molecule has 96 valence electrons. The Bertz CT molecular complexity index is 291. The smallest absolute Gasteiger partial charge is 0.123 e. The third-order valence-electron chi connectivity index (χ3n) is 2.58. The highest BCUT2D eigenvalue weighted by atomic mass is 16.5. The molecule has 0 spiro atoms. The number of pyridine rings is 1. The van der Waals surface area contributed by atoms with Crippen molar-refractivity contribution < 1.29 is 4.74 Å². The van der Waals surface area contributed by atoms with Crippen LogP contribution in [0, 0.1) is 6.92 Å². The van der Waals surface area contributed by atoms with Gasteiger partial charge in [0.2, 0.25) is 0 Å². The number of aromatic nitrogens is 1. The number of hydrogen-bond acceptors (Lipinski definition) is 4. The molecule has 0 amide bonds. The summed E-state index contributed by atoms with van der Waals surface area (Å²) in [6.45, 7) is 9.57. The summed E-state index contributed by atoms with van der Waals surface area (Å²) in [4.78, 5) is 6.27. The highest BCUT2D eigenvalue weighted by Gasteiger charge is 2.07. The lowest BCUT2D eigenvalue weighted by molar-refractivity contribution is 0.0380. The van der Waals surface area contributed by atoms with Crippen molar-refractivity contribution in [3.05, 3.63) is 23.9 Å². The Labute approximate surface area is 104 Å². The van der Waals surface area contributed by atoms with Gasteiger partial charge in [0.15, 0.2) is 0 Å². The van der Waals surface area contributed by atoms with E-state index in [0.29, 0.717) is 5.82 Å². The SMILES string of the molecule is CCCN1CCOCC1.Cc1ccnc(N)c1. The lowest BCUT2D eigenvalue weighted by Crippen LogP contribution is -2.36. The molecule has 1 aromatic rings. The number of anilines is 1. The summed E-state index contributed by atoms with van der Waals surface area (Å²) in [5.41, 5.74) is 6.50. The van der Waals surface area contributed by atoms with Crippen LogP contribution < -0.4 is 5.73 Å². The van der Waals surface area contributed by atoms with E-state index in [2.05, 4.69) is 16.8 Å². The van der Waals surface area contributed by atoms with Gasteiger partial charge in [-0.05, 0) is 37.6 Å². The molecule has 4 nitrogen and oxygen atoms in total. The van der Waals surface area contributed by atoms with Gasteiger partial charge in [0, 0.05) is 19.3 Å². The molecule has 0 radical (unpaired) electrons. The van der Waals surface area contributed by atoms with Gasteiger partial charge in [0.05, 0.1) is 13.2 Å². The van der Waals surface area contributed by atoms with E-state index < -0.39 is 0 Å². The maximum absolute atomic E-state index is 5.35. The van der Waals surface area contributed by atoms with Crippen LogP contribution in [0.15, 0.2) is 18.3 Å². The fraction of sp³-hybridized carbons (Fsp3) is 0.615. The van der Waals surface area contributed by atoms with Crippen LogP contribution in [0.1, 0.15) is 18.9 Å². The van der Waals surface area contributed by atoms with Crippen molar-refractivity contribution in [3.8, 4) is 0 Å². The third-order valence-corrected chi connectivity index (χ3v) is 2.58. The number of aryl methyl sites for hydroxylation is 1. The first-order chi connectivity index (χ1) is 8.22. The number of ether oxygens (including phenoxy) is 1. The van der Waals surface area contributed by atoms with E-state index in [0.717, 1.165) is 31.9 Å². The second-order valence-corrected chi connectivity index (χ2v) is 4.21. The summed E-state index contributed by atoms with van der Waals surface area (Å²) < 4.78 is 5.20. The fourth-order valence-corrected chi connectivity index (χ4v) is 1.70. The topological polar surface area (TPSA) is 51.4 Å². The first-order valence-corrected chi connectivity index (χ1v) is 6.20. The van der Waals surface area contributed by atoms with Crippen LogP contribution in [0.5, 0.6) is 0 Å². The Morgan fingerprint density at radius 3 is 2.59 bits per heavy atom. The highest BCUT2D eigenvalue weighted by molar-refractivity contribution is 5.30. The van der Waals surface area contributed by atoms with E-state index in [1.54, 1.807) is 6.20 Å². The molecular formula is C13H23N3O. The quantitative estimate of drug-likeness (QED) is 0.850. The summed E-state index contributed by atoms with van der Waals surface area (Å²) in [5.74, 6) is 0.588. The predicted molar refractivity (Wildman–Crippen MR) is 70.9 cm³/mol. The van der Waals surface area contributed by atoms with Crippen molar-refractivity contribution >= 4 is 5.82 Å². The van der Waals surface area contributed by atoms with E-state index in [4.69, 9.17) is 10.5 Å². The second-order valence-electron chi connectivity index (χ2n) is 4.21. The van der Waals surface area contributed by atoms with Gasteiger partial charge in [-0.25, -0.2) is 4.98 Å². The van der Waals surface area contributed by atoms with Crippen LogP contribution >= 0.6 is 0 Å². The fourth-order valence-electron chi connectivity index (χ4n) is 1.70. The Hall–Kier alpha value is -1.13. The standard InChI is InChI=1S/C7H15NO.C6H8N2/c1-2-3-8-4-6-9-7-5-8;1-5-2-3-8-6(7)4-5/h2-7H2,1H3;2-4H,1H3,(H2,7,8). The van der Waals surface area contributed by atoms with Crippen molar-refractivity contribution in [3.63, 3.8) is 0 Å². The van der Waals surface area contributed by atoms with Crippen LogP contribution in [0.4, 0.5) is 5.82 Å². The minimum Gasteiger partial charge on any atom is -0.384 e. The summed E-state index contributed by atoms with van der Waals surface area (Å²) in [5, 5.41) is 0. The Morgan fingerprint density at radius 1 is 1.41 bits per heavy atom. The minimum atomic E-state index is 0.588. The highest BCUT2D eigenvalue weighted by Crippen LogP contribution is 1.98. The van der Waals surface area contributed by atoms with Crippen molar-refractivity contribution in [2.24, 2.45) is 0 Å². The number of hydrogen-bond donors (Lipinski definition) is 1. The summed E-state index contributed by atoms with van der Waals surface area (Å²) in [7, 11) is 0. The molecule has 2 N–H and O–H groups in total. The normalized spacial score (nSPS) is 16.1. The molecule has 2 rings (SSSR count). The van der Waals surface area contributed by atoms with Gasteiger partial charge in [-0.15, -0.1) is 0 Å². The molecule has 1 aliphatic heterocycles. The molecule has 0 aromatic carbocycles. The van der Waals surface area contributed by atoms with Crippen molar-refractivity contribution in [1.82, 2.24) is 9.88 Å². The monoisotopic (exact) mass is 237 g/mol. The van der Waals surface area contributed by atoms with Gasteiger partial charge in [-0.2, -0.15) is 0 Å². The number of morpholine rings is 1. The van der Waals surface area contributed by atoms with Gasteiger partial charge in [0.1, 0.15) is 5.82 Å². The summed E-state index contributed by atoms with van der Waals surface area (Å²) in [6, 6.07) is 3.75. The zero-order valence-electron chi connectivity index (χ0n) is 10.9. The average Bonchev–Trinajstić information content (AvgIpc) is 2.31. The Balaban J connectivity index is 0.000000171. The van der Waals surface area contributed by atoms with Crippen LogP contribution in [-0.4, -0.2) is 42.7 Å². The van der Waals surface area contributed by atoms with E-state index in [-0.39, 0.29) is 0 Å². The van der Waals surface area contributed by atoms with Crippen LogP contribution in [0.25, 0.3) is 0 Å². The minimum absolute atomic E-state index is 0.588. The lowest BCUT2D eigenvalue weighted by Gasteiger charge is -2.25. The van der Waals surface area contributed by atoms with Crippen LogP contribution in [-0.2, 0) is 4.74 Å². The van der Waals surface area contributed by atoms with Crippen molar-refractivity contribution in [1.29, 1.82) is 0 Å². The molecule has 0 atom stereocenters. The summed E-state index contributed by atoms with van der Waals surface area (Å²) in [6.07, 6.45) is 2.96. The molecule has 4 heteroatoms. The predicted octanol–water partition coefficient (Wildman–Crippen LogP) is 1.70. The molecule has 1 saturated heterocycles. The largest absolute Gasteiger partial charge is 0.384 e. The van der Waals surface area contributed by atoms with Crippen LogP contribution in [0.2, 0.25) is 0 Å². The second kappa shape index (κ2) is 8.03. The number of nitrogen functional groups attached to an aromatic ring is 1. The summed E-state index contributed by atoms with van der Waals surface area (Å²) >= 11 is 0. The molecule has 1 fully saturated rings. The average molecular weight is 237 g/mol. The first kappa shape index (κ1) is 13.9. The number of rotatable bonds is 2. The number of nitrogens with zero attached hydrogens (tertiary/aromatic N) is 2.